The summed E-state index contributed by atoms with van der Waals surface area (Å²) in [4.78, 5) is 11.8. The highest BCUT2D eigenvalue weighted by atomic mass is 35.5. The third kappa shape index (κ3) is 3.90. The van der Waals surface area contributed by atoms with Gasteiger partial charge in [0.1, 0.15) is 11.6 Å². The summed E-state index contributed by atoms with van der Waals surface area (Å²) in [5, 5.41) is 12.3. The molecule has 1 rings (SSSR count). The molecule has 0 aliphatic rings. The topological polar surface area (TPSA) is 52.9 Å². The first-order valence-electron chi connectivity index (χ1n) is 5.75. The maximum Gasteiger partial charge on any atom is 0.262 e. The van der Waals surface area contributed by atoms with Crippen molar-refractivity contribution in [1.29, 1.82) is 5.26 Å². The van der Waals surface area contributed by atoms with Crippen LogP contribution in [0, 0.1) is 11.3 Å². The van der Waals surface area contributed by atoms with E-state index in [4.69, 9.17) is 16.9 Å². The van der Waals surface area contributed by atoms with Crippen molar-refractivity contribution >= 4 is 23.6 Å². The van der Waals surface area contributed by atoms with E-state index in [1.165, 1.54) is 6.08 Å². The van der Waals surface area contributed by atoms with Crippen molar-refractivity contribution in [3.05, 3.63) is 40.4 Å². The lowest BCUT2D eigenvalue weighted by molar-refractivity contribution is -0.117. The highest BCUT2D eigenvalue weighted by molar-refractivity contribution is 6.32. The van der Waals surface area contributed by atoms with Crippen molar-refractivity contribution < 1.29 is 4.79 Å². The number of hydrogen-bond donors (Lipinski definition) is 1. The van der Waals surface area contributed by atoms with Crippen molar-refractivity contribution in [3.8, 4) is 6.07 Å². The Morgan fingerprint density at radius 1 is 1.56 bits per heavy atom. The molecule has 0 aliphatic heterocycles. The zero-order valence-corrected chi connectivity index (χ0v) is 11.2. The molecule has 0 aliphatic carbocycles. The molecule has 1 N–H and O–H groups in total. The van der Waals surface area contributed by atoms with Gasteiger partial charge in [0.15, 0.2) is 0 Å². The minimum Gasteiger partial charge on any atom is -0.349 e. The molecule has 0 radical (unpaired) electrons. The van der Waals surface area contributed by atoms with Crippen LogP contribution >= 0.6 is 11.6 Å². The number of carbonyl (C=O) groups excluding carboxylic acids is 1. The van der Waals surface area contributed by atoms with Crippen LogP contribution in [0.25, 0.3) is 6.08 Å². The van der Waals surface area contributed by atoms with Gasteiger partial charge in [-0.25, -0.2) is 0 Å². The fourth-order valence-electron chi connectivity index (χ4n) is 1.30. The van der Waals surface area contributed by atoms with Gasteiger partial charge in [-0.05, 0) is 31.1 Å². The van der Waals surface area contributed by atoms with Crippen LogP contribution in [0.1, 0.15) is 25.8 Å². The predicted molar refractivity (Wildman–Crippen MR) is 72.9 cm³/mol. The summed E-state index contributed by atoms with van der Waals surface area (Å²) < 4.78 is 0. The summed E-state index contributed by atoms with van der Waals surface area (Å²) in [6.07, 6.45) is 2.32. The Hall–Kier alpha value is -1.79. The molecule has 18 heavy (non-hydrogen) atoms. The lowest BCUT2D eigenvalue weighted by atomic mass is 10.1. The number of hydrogen-bond acceptors (Lipinski definition) is 2. The SMILES string of the molecule is CC[C@H](C)NC(=O)/C(C#N)=C/c1ccccc1Cl. The molecule has 94 valence electrons. The normalized spacial score (nSPS) is 12.7. The number of rotatable bonds is 4. The Labute approximate surface area is 112 Å². The maximum absolute atomic E-state index is 11.8. The molecule has 0 aromatic heterocycles. The average molecular weight is 263 g/mol. The van der Waals surface area contributed by atoms with E-state index in [1.807, 2.05) is 19.9 Å². The van der Waals surface area contributed by atoms with Gasteiger partial charge in [0.25, 0.3) is 5.91 Å². The Kier molecular flexibility index (Phi) is 5.41. The molecule has 0 unspecified atom stereocenters. The molecule has 4 heteroatoms. The second-order valence-corrected chi connectivity index (χ2v) is 4.38. The zero-order valence-electron chi connectivity index (χ0n) is 10.4. The molecule has 1 aromatic carbocycles. The zero-order chi connectivity index (χ0) is 13.5. The largest absolute Gasteiger partial charge is 0.349 e. The number of nitriles is 1. The van der Waals surface area contributed by atoms with Crippen LogP contribution < -0.4 is 5.32 Å². The second kappa shape index (κ2) is 6.83. The van der Waals surface area contributed by atoms with Crippen LogP contribution in [-0.2, 0) is 4.79 Å². The van der Waals surface area contributed by atoms with Crippen LogP contribution in [0.2, 0.25) is 5.02 Å². The highest BCUT2D eigenvalue weighted by Crippen LogP contribution is 2.18. The lowest BCUT2D eigenvalue weighted by Gasteiger charge is -2.10. The number of nitrogens with zero attached hydrogens (tertiary/aromatic N) is 1. The average Bonchev–Trinajstić information content (AvgIpc) is 2.37. The molecule has 0 saturated carbocycles. The Morgan fingerprint density at radius 3 is 2.78 bits per heavy atom. The van der Waals surface area contributed by atoms with Gasteiger partial charge in [0.05, 0.1) is 0 Å². The van der Waals surface area contributed by atoms with Crippen LogP contribution in [-0.4, -0.2) is 11.9 Å². The maximum atomic E-state index is 11.8. The molecule has 0 heterocycles. The minimum atomic E-state index is -0.369. The molecular weight excluding hydrogens is 248 g/mol. The summed E-state index contributed by atoms with van der Waals surface area (Å²) >= 11 is 5.98. The van der Waals surface area contributed by atoms with Crippen molar-refractivity contribution in [1.82, 2.24) is 5.32 Å². The number of benzene rings is 1. The van der Waals surface area contributed by atoms with Crippen LogP contribution in [0.5, 0.6) is 0 Å². The van der Waals surface area contributed by atoms with Crippen LogP contribution in [0.15, 0.2) is 29.8 Å². The molecule has 1 aromatic rings. The van der Waals surface area contributed by atoms with E-state index in [1.54, 1.807) is 24.3 Å². The van der Waals surface area contributed by atoms with Gasteiger partial charge >= 0.3 is 0 Å². The van der Waals surface area contributed by atoms with E-state index < -0.39 is 0 Å². The third-order valence-corrected chi connectivity index (χ3v) is 2.90. The first-order chi connectivity index (χ1) is 8.58. The summed E-state index contributed by atoms with van der Waals surface area (Å²) in [5.41, 5.74) is 0.721. The molecule has 0 fully saturated rings. The van der Waals surface area contributed by atoms with E-state index in [9.17, 15) is 4.79 Å². The monoisotopic (exact) mass is 262 g/mol. The van der Waals surface area contributed by atoms with Gasteiger partial charge < -0.3 is 5.32 Å². The van der Waals surface area contributed by atoms with Crippen molar-refractivity contribution in [3.63, 3.8) is 0 Å². The molecular formula is C14H15ClN2O. The van der Waals surface area contributed by atoms with Gasteiger partial charge in [0.2, 0.25) is 0 Å². The number of amides is 1. The fourth-order valence-corrected chi connectivity index (χ4v) is 1.49. The summed E-state index contributed by atoms with van der Waals surface area (Å²) in [6, 6.07) is 9.02. The lowest BCUT2D eigenvalue weighted by Crippen LogP contribution is -2.32. The summed E-state index contributed by atoms with van der Waals surface area (Å²) in [7, 11) is 0. The number of carbonyl (C=O) groups is 1. The van der Waals surface area contributed by atoms with E-state index >= 15 is 0 Å². The first-order valence-corrected chi connectivity index (χ1v) is 6.13. The Balaban J connectivity index is 2.94. The third-order valence-electron chi connectivity index (χ3n) is 2.56. The van der Waals surface area contributed by atoms with E-state index in [0.717, 1.165) is 6.42 Å². The van der Waals surface area contributed by atoms with Gasteiger partial charge in [-0.15, -0.1) is 0 Å². The van der Waals surface area contributed by atoms with E-state index in [0.29, 0.717) is 10.6 Å². The van der Waals surface area contributed by atoms with Crippen molar-refractivity contribution in [2.45, 2.75) is 26.3 Å². The van der Waals surface area contributed by atoms with Gasteiger partial charge in [-0.2, -0.15) is 5.26 Å². The summed E-state index contributed by atoms with van der Waals surface area (Å²) in [6.45, 7) is 3.86. The Morgan fingerprint density at radius 2 is 2.22 bits per heavy atom. The fraction of sp³-hybridized carbons (Fsp3) is 0.286. The van der Waals surface area contributed by atoms with Gasteiger partial charge in [-0.3, -0.25) is 4.79 Å². The van der Waals surface area contributed by atoms with Crippen molar-refractivity contribution in [2.75, 3.05) is 0 Å². The van der Waals surface area contributed by atoms with Crippen LogP contribution in [0.3, 0.4) is 0 Å². The van der Waals surface area contributed by atoms with Crippen LogP contribution in [0.4, 0.5) is 0 Å². The molecule has 1 atom stereocenters. The molecule has 0 bridgehead atoms. The van der Waals surface area contributed by atoms with E-state index in [2.05, 4.69) is 5.32 Å². The summed E-state index contributed by atoms with van der Waals surface area (Å²) in [5.74, 6) is -0.369. The molecule has 1 amide bonds. The first kappa shape index (κ1) is 14.3. The number of halogens is 1. The predicted octanol–water partition coefficient (Wildman–Crippen LogP) is 3.16. The standard InChI is InChI=1S/C14H15ClN2O/c1-3-10(2)17-14(18)12(9-16)8-11-6-4-5-7-13(11)15/h4-8,10H,3H2,1-2H3,(H,17,18)/b12-8+/t10-/m0/s1. The van der Waals surface area contributed by atoms with E-state index in [-0.39, 0.29) is 17.5 Å². The van der Waals surface area contributed by atoms with Crippen molar-refractivity contribution in [2.24, 2.45) is 0 Å². The number of nitrogens with one attached hydrogen (secondary N) is 1. The second-order valence-electron chi connectivity index (χ2n) is 3.97. The molecule has 0 saturated heterocycles. The van der Waals surface area contributed by atoms with Gasteiger partial charge in [-0.1, -0.05) is 36.7 Å². The van der Waals surface area contributed by atoms with Gasteiger partial charge in [0, 0.05) is 11.1 Å². The molecule has 3 nitrogen and oxygen atoms in total. The minimum absolute atomic E-state index is 0.0421. The highest BCUT2D eigenvalue weighted by Gasteiger charge is 2.11. The Bertz CT molecular complexity index is 503. The molecule has 0 spiro atoms. The quantitative estimate of drug-likeness (QED) is 0.669. The smallest absolute Gasteiger partial charge is 0.262 e.